The molecule has 2 aromatic rings. The minimum absolute atomic E-state index is 0.0275. The Hall–Kier alpha value is -0.250. The van der Waals surface area contributed by atoms with Crippen LogP contribution in [0.25, 0.3) is 11.2 Å². The number of rotatable bonds is 15. The molecule has 258 valence electrons. The highest BCUT2D eigenvalue weighted by atomic mass is 35.5. The molecule has 27 heteroatoms. The lowest BCUT2D eigenvalue weighted by atomic mass is 10.1. The molecule has 2 aromatic heterocycles. The summed E-state index contributed by atoms with van der Waals surface area (Å²) in [4.78, 5) is 50.4. The summed E-state index contributed by atoms with van der Waals surface area (Å²) in [7, 11) is -18.6. The third-order valence-electron chi connectivity index (χ3n) is 5.85. The first-order valence-electron chi connectivity index (χ1n) is 12.2. The lowest BCUT2D eigenvalue weighted by Crippen LogP contribution is -2.33. The molecule has 6 N–H and O–H groups in total. The van der Waals surface area contributed by atoms with E-state index >= 15 is 0 Å². The molecular weight excluding hydrogens is 765 g/mol. The van der Waals surface area contributed by atoms with E-state index in [0.29, 0.717) is 29.6 Å². The molecule has 3 rings (SSSR count). The summed E-state index contributed by atoms with van der Waals surface area (Å²) in [6.45, 7) is -1.12. The van der Waals surface area contributed by atoms with E-state index in [9.17, 15) is 51.1 Å². The zero-order valence-electron chi connectivity index (χ0n) is 22.5. The molecule has 17 nitrogen and oxygen atoms in total. The maximum absolute atomic E-state index is 12.7. The number of phosphoric ester groups is 1. The predicted octanol–water partition coefficient (Wildman–Crippen LogP) is 2.39. The first-order chi connectivity index (χ1) is 20.5. The van der Waals surface area contributed by atoms with Crippen LogP contribution in [0.2, 0.25) is 0 Å². The molecule has 1 aliphatic rings. The van der Waals surface area contributed by atoms with Crippen LogP contribution in [0.1, 0.15) is 24.8 Å². The number of ether oxygens (including phenoxy) is 1. The van der Waals surface area contributed by atoms with Crippen LogP contribution in [-0.4, -0.2) is 106 Å². The van der Waals surface area contributed by atoms with Gasteiger partial charge in [0.2, 0.25) is 0 Å². The van der Waals surface area contributed by atoms with Gasteiger partial charge in [0.25, 0.3) is 0 Å². The summed E-state index contributed by atoms with van der Waals surface area (Å²) < 4.78 is 96.6. The highest BCUT2D eigenvalue weighted by Gasteiger charge is 2.62. The minimum Gasteiger partial charge on any atom is -0.387 e. The SMILES string of the molecule is CS(=O)CCCc1nc(SCCC(F)(F)F)nc2c1ncn2[C@@H]1O[C@H](COP(=O)(O)OP(=O)(O)C(Cl)(Cl)P(=O)(O)O)[C@@H](O)[C@H]1O. The summed E-state index contributed by atoms with van der Waals surface area (Å²) in [6.07, 6.45) is -9.19. The Morgan fingerprint density at radius 3 is 2.36 bits per heavy atom. The zero-order valence-corrected chi connectivity index (χ0v) is 28.3. The van der Waals surface area contributed by atoms with Crippen LogP contribution in [0.15, 0.2) is 11.5 Å². The van der Waals surface area contributed by atoms with Gasteiger partial charge in [0.05, 0.1) is 25.0 Å². The normalized spacial score (nSPS) is 24.9. The fourth-order valence-electron chi connectivity index (χ4n) is 3.72. The fraction of sp³-hybridized carbons (Fsp3) is 0.722. The Morgan fingerprint density at radius 1 is 1.13 bits per heavy atom. The van der Waals surface area contributed by atoms with Crippen LogP contribution in [0.4, 0.5) is 13.2 Å². The summed E-state index contributed by atoms with van der Waals surface area (Å²) in [5.41, 5.74) is 0.424. The number of fused-ring (bicyclic) bond motifs is 1. The molecule has 0 spiro atoms. The number of nitrogens with zero attached hydrogens (tertiary/aromatic N) is 4. The first-order valence-corrected chi connectivity index (χ1v) is 20.3. The van der Waals surface area contributed by atoms with Crippen molar-refractivity contribution in [1.82, 2.24) is 19.5 Å². The molecule has 3 heterocycles. The molecule has 45 heavy (non-hydrogen) atoms. The van der Waals surface area contributed by atoms with E-state index in [4.69, 9.17) is 37.7 Å². The van der Waals surface area contributed by atoms with Crippen molar-refractivity contribution in [3.63, 3.8) is 0 Å². The molecule has 1 fully saturated rings. The van der Waals surface area contributed by atoms with Crippen LogP contribution in [0, 0.1) is 0 Å². The van der Waals surface area contributed by atoms with Gasteiger partial charge in [0, 0.05) is 28.6 Å². The molecule has 7 atom stereocenters. The minimum atomic E-state index is -5.98. The Morgan fingerprint density at radius 2 is 1.78 bits per heavy atom. The molecule has 0 bridgehead atoms. The highest BCUT2D eigenvalue weighted by molar-refractivity contribution is 7.99. The monoisotopic (exact) mass is 790 g/mol. The van der Waals surface area contributed by atoms with Crippen molar-refractivity contribution in [3.05, 3.63) is 12.0 Å². The Bertz CT molecular complexity index is 1550. The van der Waals surface area contributed by atoms with Crippen molar-refractivity contribution in [2.45, 2.75) is 59.0 Å². The second-order valence-corrected chi connectivity index (χ2v) is 20.0. The molecule has 0 aromatic carbocycles. The number of halogens is 5. The standard InChI is InChI=1S/C18H26Cl2F3N4O13P3S2/c1-45(37)6-2-3-9-11-14(26-16(25-9)44-5-4-17(21,22)23)27(8-24-11)15-13(29)12(28)10(39-15)7-38-43(35,36)40-42(33,34)18(19,20)41(30,31)32/h8,10,12-13,15,28-29H,2-7H2,1H3,(H,33,34)(H,35,36)(H2,30,31,32)/t10-,12-,13-,15-,45?/m1/s1. The molecule has 3 unspecified atom stereocenters. The largest absolute Gasteiger partial charge is 0.479 e. The van der Waals surface area contributed by atoms with Crippen molar-refractivity contribution in [2.24, 2.45) is 0 Å². The number of alkyl halides is 5. The van der Waals surface area contributed by atoms with E-state index in [1.807, 2.05) is 0 Å². The van der Waals surface area contributed by atoms with E-state index in [0.717, 1.165) is 10.9 Å². The van der Waals surface area contributed by atoms with Crippen molar-refractivity contribution < 1.29 is 74.4 Å². The van der Waals surface area contributed by atoms with E-state index in [1.54, 1.807) is 0 Å². The number of aliphatic hydroxyl groups is 2. The van der Waals surface area contributed by atoms with Gasteiger partial charge in [-0.1, -0.05) is 35.0 Å². The summed E-state index contributed by atoms with van der Waals surface area (Å²) in [5, 5.41) is 21.1. The van der Waals surface area contributed by atoms with Gasteiger partial charge in [-0.25, -0.2) is 23.8 Å². The van der Waals surface area contributed by atoms with Gasteiger partial charge in [0.1, 0.15) is 23.8 Å². The number of aliphatic hydroxyl groups excluding tert-OH is 2. The number of aryl methyl sites for hydroxylation is 1. The Balaban J connectivity index is 1.83. The van der Waals surface area contributed by atoms with Gasteiger partial charge in [-0.15, -0.1) is 0 Å². The first kappa shape index (κ1) is 39.2. The van der Waals surface area contributed by atoms with Crippen LogP contribution < -0.4 is 0 Å². The summed E-state index contributed by atoms with van der Waals surface area (Å²) in [5.74, 6) is -0.129. The van der Waals surface area contributed by atoms with E-state index in [1.165, 1.54) is 6.26 Å². The molecule has 0 radical (unpaired) electrons. The van der Waals surface area contributed by atoms with Crippen molar-refractivity contribution in [1.29, 1.82) is 0 Å². The van der Waals surface area contributed by atoms with Crippen LogP contribution in [0.3, 0.4) is 0 Å². The smallest absolute Gasteiger partial charge is 0.387 e. The Labute approximate surface area is 268 Å². The number of phosphoric acid groups is 1. The molecule has 0 aliphatic carbocycles. The summed E-state index contributed by atoms with van der Waals surface area (Å²) in [6, 6.07) is 0. The fourth-order valence-corrected chi connectivity index (χ4v) is 9.35. The topological polar surface area (TPSA) is 261 Å². The third kappa shape index (κ3) is 9.90. The zero-order chi connectivity index (χ0) is 34.2. The lowest BCUT2D eigenvalue weighted by Gasteiger charge is -2.26. The van der Waals surface area contributed by atoms with Crippen LogP contribution in [-0.2, 0) is 44.5 Å². The number of aromatic nitrogens is 4. The van der Waals surface area contributed by atoms with Crippen LogP contribution >= 0.6 is 58.0 Å². The lowest BCUT2D eigenvalue weighted by molar-refractivity contribution is -0.129. The van der Waals surface area contributed by atoms with Gasteiger partial charge in [-0.05, 0) is 12.8 Å². The van der Waals surface area contributed by atoms with Crippen molar-refractivity contribution >= 4 is 79.9 Å². The third-order valence-corrected chi connectivity index (χ3v) is 15.3. The average molecular weight is 791 g/mol. The second kappa shape index (κ2) is 14.7. The second-order valence-electron chi connectivity index (χ2n) is 9.34. The van der Waals surface area contributed by atoms with Crippen molar-refractivity contribution in [2.75, 3.05) is 24.4 Å². The van der Waals surface area contributed by atoms with Crippen molar-refractivity contribution in [3.8, 4) is 0 Å². The van der Waals surface area contributed by atoms with Gasteiger partial charge >= 0.3 is 33.0 Å². The van der Waals surface area contributed by atoms with Gasteiger partial charge in [-0.3, -0.25) is 22.4 Å². The number of hydrogen-bond donors (Lipinski definition) is 6. The number of thioether (sulfide) groups is 1. The predicted molar refractivity (Wildman–Crippen MR) is 153 cm³/mol. The van der Waals surface area contributed by atoms with Gasteiger partial charge < -0.3 is 34.5 Å². The maximum atomic E-state index is 12.7. The highest BCUT2D eigenvalue weighted by Crippen LogP contribution is 2.79. The number of hydrogen-bond acceptors (Lipinski definition) is 13. The van der Waals surface area contributed by atoms with E-state index < -0.39 is 87.1 Å². The molecule has 1 saturated heterocycles. The quantitative estimate of drug-likeness (QED) is 0.0655. The molecular formula is C18H26Cl2F3N4O13P3S2. The van der Waals surface area contributed by atoms with Gasteiger partial charge in [0.15, 0.2) is 17.0 Å². The van der Waals surface area contributed by atoms with Crippen LogP contribution in [0.5, 0.6) is 0 Å². The number of imidazole rings is 1. The van der Waals surface area contributed by atoms with E-state index in [2.05, 4.69) is 23.8 Å². The molecule has 0 amide bonds. The molecule has 1 aliphatic heterocycles. The molecule has 0 saturated carbocycles. The Kier molecular flexibility index (Phi) is 12.8. The maximum Gasteiger partial charge on any atom is 0.479 e. The van der Waals surface area contributed by atoms with Gasteiger partial charge in [-0.2, -0.15) is 13.2 Å². The summed E-state index contributed by atoms with van der Waals surface area (Å²) >= 11 is 11.1. The van der Waals surface area contributed by atoms with E-state index in [-0.39, 0.29) is 22.7 Å². The average Bonchev–Trinajstić information content (AvgIpc) is 3.41.